The van der Waals surface area contributed by atoms with Crippen LogP contribution in [0.5, 0.6) is 0 Å². The van der Waals surface area contributed by atoms with E-state index in [1.54, 1.807) is 42.7 Å². The lowest BCUT2D eigenvalue weighted by Crippen LogP contribution is -2.51. The van der Waals surface area contributed by atoms with Gasteiger partial charge in [-0.15, -0.1) is 0 Å². The normalized spacial score (nSPS) is 17.4. The maximum absolute atomic E-state index is 5.47. The second-order valence-electron chi connectivity index (χ2n) is 6.97. The third kappa shape index (κ3) is 5.87. The Hall–Kier alpha value is 0.194. The molecule has 0 aromatic rings. The Kier molecular flexibility index (Phi) is 11.1. The van der Waals surface area contributed by atoms with E-state index in [0.717, 1.165) is 0 Å². The van der Waals surface area contributed by atoms with Gasteiger partial charge in [0.25, 0.3) is 0 Å². The van der Waals surface area contributed by atoms with Gasteiger partial charge in [0.1, 0.15) is 0 Å². The quantitative estimate of drug-likeness (QED) is 0.623. The van der Waals surface area contributed by atoms with Gasteiger partial charge in [-0.05, 0) is 12.8 Å². The molecule has 0 N–H and O–H groups in total. The van der Waals surface area contributed by atoms with Gasteiger partial charge in [0, 0.05) is 53.2 Å². The lowest BCUT2D eigenvalue weighted by atomic mass is 10.0. The van der Waals surface area contributed by atoms with Gasteiger partial charge >= 0.3 is 17.6 Å². The maximum Gasteiger partial charge on any atom is 0.505 e. The van der Waals surface area contributed by atoms with E-state index in [1.165, 1.54) is 32.1 Å². The van der Waals surface area contributed by atoms with E-state index >= 15 is 0 Å². The molecule has 0 heterocycles. The van der Waals surface area contributed by atoms with E-state index in [0.29, 0.717) is 5.54 Å². The average Bonchev–Trinajstić information content (AvgIpc) is 2.59. The first-order chi connectivity index (χ1) is 11.2. The summed E-state index contributed by atoms with van der Waals surface area (Å²) in [7, 11) is 5.26. The van der Waals surface area contributed by atoms with E-state index in [-0.39, 0.29) is 5.04 Å². The minimum absolute atomic E-state index is 0.0642. The van der Waals surface area contributed by atoms with Gasteiger partial charge in [0.05, 0.1) is 0 Å². The van der Waals surface area contributed by atoms with Crippen molar-refractivity contribution in [2.75, 3.05) is 42.7 Å². The van der Waals surface area contributed by atoms with Crippen molar-refractivity contribution in [3.8, 4) is 0 Å². The lowest BCUT2D eigenvalue weighted by molar-refractivity contribution is 0.0989. The van der Waals surface area contributed by atoms with Crippen LogP contribution in [0.15, 0.2) is 0 Å². The molecule has 1 saturated carbocycles. The van der Waals surface area contributed by atoms with Crippen LogP contribution in [0.2, 0.25) is 10.6 Å². The molecule has 146 valence electrons. The summed E-state index contributed by atoms with van der Waals surface area (Å²) in [6.07, 6.45) is 6.31. The fraction of sp³-hybridized carbons (Fsp3) is 1.00. The van der Waals surface area contributed by atoms with Crippen LogP contribution in [-0.2, 0) is 26.6 Å². The van der Waals surface area contributed by atoms with Crippen LogP contribution in [0.25, 0.3) is 0 Å². The van der Waals surface area contributed by atoms with E-state index in [9.17, 15) is 0 Å². The average molecular weight is 383 g/mol. The first kappa shape index (κ1) is 24.2. The Balaban J connectivity index is 0.000000449. The Morgan fingerprint density at radius 3 is 1.21 bits per heavy atom. The van der Waals surface area contributed by atoms with Gasteiger partial charge in [-0.3, -0.25) is 0 Å². The third-order valence-corrected chi connectivity index (χ3v) is 11.4. The van der Waals surface area contributed by atoms with Crippen LogP contribution >= 0.6 is 0 Å². The first-order valence-corrected chi connectivity index (χ1v) is 12.1. The zero-order valence-electron chi connectivity index (χ0n) is 17.1. The molecule has 1 fully saturated rings. The van der Waals surface area contributed by atoms with Gasteiger partial charge < -0.3 is 26.6 Å². The summed E-state index contributed by atoms with van der Waals surface area (Å²) in [5.74, 6) is 0. The van der Waals surface area contributed by atoms with Crippen LogP contribution in [0.1, 0.15) is 52.9 Å². The zero-order chi connectivity index (χ0) is 18.9. The Morgan fingerprint density at radius 2 is 1.00 bits per heavy atom. The minimum Gasteiger partial charge on any atom is -0.377 e. The maximum atomic E-state index is 5.47. The summed E-state index contributed by atoms with van der Waals surface area (Å²) < 4.78 is 32.3. The molecule has 1 aliphatic rings. The van der Waals surface area contributed by atoms with Crippen molar-refractivity contribution >= 4 is 17.6 Å². The molecule has 1 rings (SSSR count). The molecule has 0 spiro atoms. The predicted molar refractivity (Wildman–Crippen MR) is 100 cm³/mol. The van der Waals surface area contributed by atoms with E-state index < -0.39 is 17.6 Å². The van der Waals surface area contributed by atoms with Crippen molar-refractivity contribution in [1.82, 2.24) is 0 Å². The Labute approximate surface area is 150 Å². The highest BCUT2D eigenvalue weighted by atomic mass is 28.4. The fourth-order valence-corrected chi connectivity index (χ4v) is 8.33. The van der Waals surface area contributed by atoms with Crippen LogP contribution in [0.4, 0.5) is 0 Å². The van der Waals surface area contributed by atoms with Crippen LogP contribution in [-0.4, -0.2) is 60.3 Å². The standard InChI is InChI=1S/C9H20O3Si.C7H18O3Si/c1-10-13(11-2,12-3)9-7-5-4-6-8-9;1-7(2,3)11(8-4,9-5)10-6/h9H,4-8H2,1-3H3;1-6H3. The molecule has 0 unspecified atom stereocenters. The van der Waals surface area contributed by atoms with E-state index in [4.69, 9.17) is 26.6 Å². The van der Waals surface area contributed by atoms with Gasteiger partial charge in [0.2, 0.25) is 0 Å². The molecule has 0 aliphatic heterocycles. The fourth-order valence-electron chi connectivity index (χ4n) is 3.37. The van der Waals surface area contributed by atoms with Crippen LogP contribution < -0.4 is 0 Å². The molecule has 24 heavy (non-hydrogen) atoms. The van der Waals surface area contributed by atoms with Gasteiger partial charge in [0.15, 0.2) is 0 Å². The topological polar surface area (TPSA) is 55.4 Å². The second-order valence-corrected chi connectivity index (χ2v) is 14.1. The summed E-state index contributed by atoms with van der Waals surface area (Å²) in [6.45, 7) is 6.15. The van der Waals surface area contributed by atoms with Crippen LogP contribution in [0, 0.1) is 0 Å². The highest BCUT2D eigenvalue weighted by Gasteiger charge is 2.50. The summed E-state index contributed by atoms with van der Waals surface area (Å²) in [6, 6.07) is 0. The van der Waals surface area contributed by atoms with E-state index in [1.807, 2.05) is 0 Å². The largest absolute Gasteiger partial charge is 0.505 e. The number of hydrogen-bond acceptors (Lipinski definition) is 6. The highest BCUT2D eigenvalue weighted by molar-refractivity contribution is 6.63. The van der Waals surface area contributed by atoms with Gasteiger partial charge in [-0.2, -0.15) is 0 Å². The van der Waals surface area contributed by atoms with E-state index in [2.05, 4.69) is 20.8 Å². The van der Waals surface area contributed by atoms with Crippen molar-refractivity contribution < 1.29 is 26.6 Å². The van der Waals surface area contributed by atoms with Crippen LogP contribution in [0.3, 0.4) is 0 Å². The number of hydrogen-bond donors (Lipinski definition) is 0. The molecule has 6 nitrogen and oxygen atoms in total. The molecule has 0 aromatic heterocycles. The molecule has 1 aliphatic carbocycles. The molecule has 0 atom stereocenters. The Bertz CT molecular complexity index is 304. The minimum atomic E-state index is -2.42. The number of rotatable bonds is 7. The first-order valence-electron chi connectivity index (χ1n) is 8.53. The SMILES string of the molecule is CO[Si](OC)(OC)C(C)(C)C.CO[Si](OC)(OC)C1CCCCC1. The molecule has 0 saturated heterocycles. The summed E-state index contributed by atoms with van der Waals surface area (Å²) >= 11 is 0. The highest BCUT2D eigenvalue weighted by Crippen LogP contribution is 2.38. The van der Waals surface area contributed by atoms with Crippen molar-refractivity contribution in [1.29, 1.82) is 0 Å². The lowest BCUT2D eigenvalue weighted by Gasteiger charge is -2.35. The molecular weight excluding hydrogens is 344 g/mol. The van der Waals surface area contributed by atoms with Gasteiger partial charge in [-0.25, -0.2) is 0 Å². The molecule has 0 bridgehead atoms. The molecule has 0 aromatic carbocycles. The third-order valence-electron chi connectivity index (χ3n) is 4.68. The van der Waals surface area contributed by atoms with Crippen molar-refractivity contribution in [2.45, 2.75) is 63.5 Å². The van der Waals surface area contributed by atoms with Crippen molar-refractivity contribution in [2.24, 2.45) is 0 Å². The summed E-state index contributed by atoms with van der Waals surface area (Å²) in [5.41, 5.74) is 0.515. The summed E-state index contributed by atoms with van der Waals surface area (Å²) in [4.78, 5) is 0. The van der Waals surface area contributed by atoms with Gasteiger partial charge in [-0.1, -0.05) is 40.0 Å². The smallest absolute Gasteiger partial charge is 0.377 e. The van der Waals surface area contributed by atoms with Crippen molar-refractivity contribution in [3.05, 3.63) is 0 Å². The molecular formula is C16H38O6Si2. The van der Waals surface area contributed by atoms with Crippen molar-refractivity contribution in [3.63, 3.8) is 0 Å². The Morgan fingerprint density at radius 1 is 0.625 bits per heavy atom. The monoisotopic (exact) mass is 382 g/mol. The summed E-state index contributed by atoms with van der Waals surface area (Å²) in [5, 5.41) is -0.0642. The molecule has 8 heteroatoms. The second kappa shape index (κ2) is 11.0. The molecule has 0 amide bonds. The zero-order valence-corrected chi connectivity index (χ0v) is 19.1. The predicted octanol–water partition coefficient (Wildman–Crippen LogP) is 3.86. The molecule has 0 radical (unpaired) electrons.